The average molecular weight is 366 g/mol. The van der Waals surface area contributed by atoms with E-state index in [2.05, 4.69) is 19.9 Å². The highest BCUT2D eigenvalue weighted by molar-refractivity contribution is 8.04. The fourth-order valence-corrected chi connectivity index (χ4v) is 3.75. The molecule has 2 atom stereocenters. The van der Waals surface area contributed by atoms with Crippen molar-refractivity contribution in [3.05, 3.63) is 36.9 Å². The van der Waals surface area contributed by atoms with Crippen LogP contribution in [0.25, 0.3) is 0 Å². The van der Waals surface area contributed by atoms with Gasteiger partial charge in [0.2, 0.25) is 0 Å². The van der Waals surface area contributed by atoms with E-state index in [0.29, 0.717) is 10.3 Å². The molecule has 8 nitrogen and oxygen atoms in total. The van der Waals surface area contributed by atoms with E-state index >= 15 is 0 Å². The van der Waals surface area contributed by atoms with Crippen molar-refractivity contribution in [2.24, 2.45) is 0 Å². The number of carbonyl (C=O) groups is 2. The Morgan fingerprint density at radius 3 is 1.42 bits per heavy atom. The normalized spacial score (nSPS) is 12.9. The summed E-state index contributed by atoms with van der Waals surface area (Å²) in [6.45, 7) is 0. The second-order valence-electron chi connectivity index (χ2n) is 4.19. The van der Waals surface area contributed by atoms with E-state index < -0.39 is 22.4 Å². The lowest BCUT2D eigenvalue weighted by molar-refractivity contribution is -0.146. The molecule has 0 fully saturated rings. The van der Waals surface area contributed by atoms with Gasteiger partial charge in [0, 0.05) is 24.8 Å². The molecule has 0 aliphatic carbocycles. The van der Waals surface area contributed by atoms with Crippen LogP contribution in [-0.2, 0) is 19.1 Å². The Bertz CT molecular complexity index is 615. The van der Waals surface area contributed by atoms with Crippen LogP contribution >= 0.6 is 23.5 Å². The summed E-state index contributed by atoms with van der Waals surface area (Å²) in [5.41, 5.74) is 0. The van der Waals surface area contributed by atoms with Gasteiger partial charge in [-0.15, -0.1) is 0 Å². The fraction of sp³-hybridized carbons (Fsp3) is 0.286. The van der Waals surface area contributed by atoms with Gasteiger partial charge in [-0.05, 0) is 12.1 Å². The number of hydrogen-bond acceptors (Lipinski definition) is 10. The molecular formula is C14H14N4O4S2. The van der Waals surface area contributed by atoms with Gasteiger partial charge in [0.25, 0.3) is 0 Å². The second-order valence-corrected chi connectivity index (χ2v) is 6.40. The van der Waals surface area contributed by atoms with Gasteiger partial charge < -0.3 is 9.47 Å². The van der Waals surface area contributed by atoms with Crippen LogP contribution in [0, 0.1) is 0 Å². The first-order valence-corrected chi connectivity index (χ1v) is 8.44. The van der Waals surface area contributed by atoms with Crippen LogP contribution in [0.4, 0.5) is 0 Å². The zero-order chi connectivity index (χ0) is 17.4. The van der Waals surface area contributed by atoms with Gasteiger partial charge in [-0.2, -0.15) is 0 Å². The standard InChI is InChI=1S/C14H14N4O4S2/c1-21-11(19)9(23-13-15-5-3-6-16-13)10(12(20)22-2)24-14-17-7-4-8-18-14/h3-10H,1-2H3. The first-order chi connectivity index (χ1) is 11.7. The third-order valence-electron chi connectivity index (χ3n) is 2.69. The van der Waals surface area contributed by atoms with E-state index in [1.165, 1.54) is 14.2 Å². The number of hydrogen-bond donors (Lipinski definition) is 0. The number of ether oxygens (including phenoxy) is 2. The maximum atomic E-state index is 12.2. The molecule has 10 heteroatoms. The molecule has 0 spiro atoms. The Morgan fingerprint density at radius 2 is 1.12 bits per heavy atom. The quantitative estimate of drug-likeness (QED) is 0.404. The average Bonchev–Trinajstić information content (AvgIpc) is 2.65. The van der Waals surface area contributed by atoms with Crippen molar-refractivity contribution in [3.8, 4) is 0 Å². The summed E-state index contributed by atoms with van der Waals surface area (Å²) < 4.78 is 9.64. The van der Waals surface area contributed by atoms with E-state index in [1.54, 1.807) is 36.9 Å². The minimum Gasteiger partial charge on any atom is -0.468 e. The third kappa shape index (κ3) is 4.90. The van der Waals surface area contributed by atoms with Crippen LogP contribution in [-0.4, -0.2) is 56.6 Å². The summed E-state index contributed by atoms with van der Waals surface area (Å²) in [5, 5.41) is -1.15. The van der Waals surface area contributed by atoms with Crippen molar-refractivity contribution in [1.82, 2.24) is 19.9 Å². The van der Waals surface area contributed by atoms with E-state index in [4.69, 9.17) is 9.47 Å². The lowest BCUT2D eigenvalue weighted by Crippen LogP contribution is -2.37. The molecule has 0 aromatic carbocycles. The summed E-state index contributed by atoms with van der Waals surface area (Å²) in [5.74, 6) is -1.18. The monoisotopic (exact) mass is 366 g/mol. The molecule has 0 saturated carbocycles. The van der Waals surface area contributed by atoms with Crippen molar-refractivity contribution in [2.75, 3.05) is 14.2 Å². The lowest BCUT2D eigenvalue weighted by atomic mass is 10.3. The smallest absolute Gasteiger partial charge is 0.321 e. The molecule has 0 saturated heterocycles. The van der Waals surface area contributed by atoms with E-state index in [9.17, 15) is 9.59 Å². The van der Waals surface area contributed by atoms with Gasteiger partial charge >= 0.3 is 11.9 Å². The number of thioether (sulfide) groups is 2. The predicted octanol–water partition coefficient (Wildman–Crippen LogP) is 1.23. The largest absolute Gasteiger partial charge is 0.468 e. The highest BCUT2D eigenvalue weighted by Crippen LogP contribution is 2.33. The topological polar surface area (TPSA) is 104 Å². The van der Waals surface area contributed by atoms with Crippen LogP contribution in [0.3, 0.4) is 0 Å². The molecule has 126 valence electrons. The Morgan fingerprint density at radius 1 is 0.792 bits per heavy atom. The SMILES string of the molecule is COC(=O)C(Sc1ncccn1)C(Sc1ncccn1)C(=O)OC. The third-order valence-corrected chi connectivity index (χ3v) is 5.14. The van der Waals surface area contributed by atoms with Crippen LogP contribution in [0.5, 0.6) is 0 Å². The van der Waals surface area contributed by atoms with Gasteiger partial charge in [-0.25, -0.2) is 19.9 Å². The molecule has 0 aliphatic rings. The summed E-state index contributed by atoms with van der Waals surface area (Å²) in [4.78, 5) is 40.7. The van der Waals surface area contributed by atoms with E-state index in [-0.39, 0.29) is 0 Å². The van der Waals surface area contributed by atoms with Crippen molar-refractivity contribution >= 4 is 35.5 Å². The van der Waals surface area contributed by atoms with Crippen molar-refractivity contribution < 1.29 is 19.1 Å². The number of nitrogens with zero attached hydrogens (tertiary/aromatic N) is 4. The van der Waals surface area contributed by atoms with Crippen molar-refractivity contribution in [1.29, 1.82) is 0 Å². The first kappa shape index (κ1) is 18.1. The molecule has 0 bridgehead atoms. The highest BCUT2D eigenvalue weighted by Gasteiger charge is 2.38. The van der Waals surface area contributed by atoms with Crippen LogP contribution in [0.15, 0.2) is 47.2 Å². The molecule has 0 N–H and O–H groups in total. The van der Waals surface area contributed by atoms with Crippen molar-refractivity contribution in [2.45, 2.75) is 20.8 Å². The van der Waals surface area contributed by atoms with Gasteiger partial charge in [-0.3, -0.25) is 9.59 Å². The zero-order valence-electron chi connectivity index (χ0n) is 12.9. The van der Waals surface area contributed by atoms with Gasteiger partial charge in [0.15, 0.2) is 10.3 Å². The Kier molecular flexibility index (Phi) is 6.94. The molecule has 2 aromatic heterocycles. The summed E-state index contributed by atoms with van der Waals surface area (Å²) in [6, 6.07) is 3.31. The maximum absolute atomic E-state index is 12.2. The molecular weight excluding hydrogens is 352 g/mol. The maximum Gasteiger partial charge on any atom is 0.321 e. The molecule has 2 heterocycles. The highest BCUT2D eigenvalue weighted by atomic mass is 32.2. The predicted molar refractivity (Wildman–Crippen MR) is 87.4 cm³/mol. The minimum atomic E-state index is -0.918. The molecule has 24 heavy (non-hydrogen) atoms. The number of methoxy groups -OCH3 is 2. The number of carbonyl (C=O) groups excluding carboxylic acids is 2. The second kappa shape index (κ2) is 9.18. The molecule has 2 unspecified atom stereocenters. The van der Waals surface area contributed by atoms with Gasteiger partial charge in [0.1, 0.15) is 10.5 Å². The van der Waals surface area contributed by atoms with Gasteiger partial charge in [0.05, 0.1) is 14.2 Å². The van der Waals surface area contributed by atoms with E-state index in [0.717, 1.165) is 23.5 Å². The van der Waals surface area contributed by atoms with Crippen LogP contribution in [0.2, 0.25) is 0 Å². The number of rotatable bonds is 7. The Labute approximate surface area is 146 Å². The fourth-order valence-electron chi connectivity index (χ4n) is 1.62. The number of esters is 2. The lowest BCUT2D eigenvalue weighted by Gasteiger charge is -2.20. The van der Waals surface area contributed by atoms with Crippen LogP contribution in [0.1, 0.15) is 0 Å². The molecule has 0 radical (unpaired) electrons. The molecule has 2 aromatic rings. The molecule has 0 aliphatic heterocycles. The minimum absolute atomic E-state index is 0.344. The molecule has 2 rings (SSSR count). The van der Waals surface area contributed by atoms with E-state index in [1.807, 2.05) is 0 Å². The summed E-state index contributed by atoms with van der Waals surface area (Å²) >= 11 is 2.04. The Hall–Kier alpha value is -2.20. The number of aromatic nitrogens is 4. The first-order valence-electron chi connectivity index (χ1n) is 6.68. The van der Waals surface area contributed by atoms with Gasteiger partial charge in [-0.1, -0.05) is 23.5 Å². The summed E-state index contributed by atoms with van der Waals surface area (Å²) in [7, 11) is 2.50. The Balaban J connectivity index is 2.29. The zero-order valence-corrected chi connectivity index (χ0v) is 14.5. The van der Waals surface area contributed by atoms with Crippen LogP contribution < -0.4 is 0 Å². The molecule has 0 amide bonds. The summed E-state index contributed by atoms with van der Waals surface area (Å²) in [6.07, 6.45) is 6.18. The van der Waals surface area contributed by atoms with Crippen molar-refractivity contribution in [3.63, 3.8) is 0 Å².